The third-order valence-corrected chi connectivity index (χ3v) is 5.99. The molecule has 2 aliphatic heterocycles. The molecule has 3 aliphatic rings. The third kappa shape index (κ3) is 3.30. The predicted octanol–water partition coefficient (Wildman–Crippen LogP) is 1.40. The van der Waals surface area contributed by atoms with E-state index in [0.717, 1.165) is 31.0 Å². The molecule has 142 valence electrons. The van der Waals surface area contributed by atoms with Crippen LogP contribution in [0.25, 0.3) is 0 Å². The summed E-state index contributed by atoms with van der Waals surface area (Å²) in [6.07, 6.45) is 3.31. The van der Waals surface area contributed by atoms with Crippen molar-refractivity contribution in [2.75, 3.05) is 30.7 Å². The van der Waals surface area contributed by atoms with E-state index in [9.17, 15) is 0 Å². The number of nitrogens with zero attached hydrogens (tertiary/aromatic N) is 3. The quantitative estimate of drug-likeness (QED) is 0.642. The summed E-state index contributed by atoms with van der Waals surface area (Å²) in [5, 5.41) is 3.34. The zero-order valence-electron chi connectivity index (χ0n) is 15.2. The minimum Gasteiger partial charge on any atom is -0.493 e. The first-order chi connectivity index (χ1) is 13.3. The Balaban J connectivity index is 1.28. The first-order valence-corrected chi connectivity index (χ1v) is 9.71. The third-order valence-electron chi connectivity index (χ3n) is 5.99. The van der Waals surface area contributed by atoms with Crippen molar-refractivity contribution in [3.05, 3.63) is 35.7 Å². The molecule has 8 nitrogen and oxygen atoms in total. The Labute approximate surface area is 158 Å². The number of hydrazine groups is 1. The van der Waals surface area contributed by atoms with Gasteiger partial charge in [-0.25, -0.2) is 0 Å². The van der Waals surface area contributed by atoms with Crippen LogP contribution < -0.4 is 26.6 Å². The normalized spacial score (nSPS) is 29.0. The molecule has 1 saturated carbocycles. The van der Waals surface area contributed by atoms with Crippen LogP contribution in [-0.2, 0) is 0 Å². The molecule has 1 aromatic carbocycles. The van der Waals surface area contributed by atoms with Gasteiger partial charge in [0, 0.05) is 36.5 Å². The summed E-state index contributed by atoms with van der Waals surface area (Å²) in [4.78, 5) is 13.4. The molecule has 0 spiro atoms. The highest BCUT2D eigenvalue weighted by molar-refractivity contribution is 5.41. The number of para-hydroxylation sites is 1. The standard InChI is InChI=1S/C19H25N7O/c20-18-23-17(11-5-6-12-9-22-26-15(12)7-11)24-19(25-18)21-8-13-10-27-16-4-2-1-3-14(13)16/h1-4,11-13,15,22,26H,5-10H2,(H3,20,21,23,24,25). The van der Waals surface area contributed by atoms with E-state index >= 15 is 0 Å². The molecule has 2 fully saturated rings. The summed E-state index contributed by atoms with van der Waals surface area (Å²) in [6, 6.07) is 8.66. The molecule has 0 amide bonds. The first-order valence-electron chi connectivity index (χ1n) is 9.71. The molecule has 5 rings (SSSR count). The lowest BCUT2D eigenvalue weighted by Crippen LogP contribution is -2.36. The average molecular weight is 367 g/mol. The fourth-order valence-electron chi connectivity index (χ4n) is 4.49. The van der Waals surface area contributed by atoms with Gasteiger partial charge in [-0.1, -0.05) is 18.2 Å². The lowest BCUT2D eigenvalue weighted by Gasteiger charge is -2.29. The summed E-state index contributed by atoms with van der Waals surface area (Å²) < 4.78 is 5.75. The van der Waals surface area contributed by atoms with Gasteiger partial charge in [-0.3, -0.25) is 10.9 Å². The molecule has 1 aromatic heterocycles. The molecule has 5 N–H and O–H groups in total. The predicted molar refractivity (Wildman–Crippen MR) is 102 cm³/mol. The van der Waals surface area contributed by atoms with Gasteiger partial charge in [0.1, 0.15) is 11.6 Å². The van der Waals surface area contributed by atoms with Crippen molar-refractivity contribution in [2.45, 2.75) is 37.1 Å². The fourth-order valence-corrected chi connectivity index (χ4v) is 4.49. The summed E-state index contributed by atoms with van der Waals surface area (Å²) in [5.41, 5.74) is 13.8. The zero-order valence-corrected chi connectivity index (χ0v) is 15.2. The van der Waals surface area contributed by atoms with Crippen LogP contribution in [0.4, 0.5) is 11.9 Å². The van der Waals surface area contributed by atoms with E-state index in [1.807, 2.05) is 18.2 Å². The second-order valence-corrected chi connectivity index (χ2v) is 7.70. The first kappa shape index (κ1) is 16.7. The molecule has 0 radical (unpaired) electrons. The molecule has 1 aliphatic carbocycles. The van der Waals surface area contributed by atoms with Gasteiger partial charge in [0.25, 0.3) is 0 Å². The van der Waals surface area contributed by atoms with Gasteiger partial charge in [0.05, 0.1) is 6.61 Å². The number of nitrogens with one attached hydrogen (secondary N) is 3. The number of aromatic nitrogens is 3. The fraction of sp³-hybridized carbons (Fsp3) is 0.526. The molecular formula is C19H25N7O. The molecule has 2 aromatic rings. The maximum atomic E-state index is 5.98. The molecule has 4 unspecified atom stereocenters. The van der Waals surface area contributed by atoms with Crippen LogP contribution in [0, 0.1) is 5.92 Å². The van der Waals surface area contributed by atoms with Gasteiger partial charge in [-0.15, -0.1) is 0 Å². The smallest absolute Gasteiger partial charge is 0.227 e. The summed E-state index contributed by atoms with van der Waals surface area (Å²) in [6.45, 7) is 2.43. The molecule has 1 saturated heterocycles. The van der Waals surface area contributed by atoms with E-state index in [0.29, 0.717) is 37.0 Å². The summed E-state index contributed by atoms with van der Waals surface area (Å²) in [7, 11) is 0. The van der Waals surface area contributed by atoms with Gasteiger partial charge >= 0.3 is 0 Å². The van der Waals surface area contributed by atoms with E-state index in [-0.39, 0.29) is 11.9 Å². The summed E-state index contributed by atoms with van der Waals surface area (Å²) >= 11 is 0. The molecule has 8 heteroatoms. The van der Waals surface area contributed by atoms with Gasteiger partial charge in [0.2, 0.25) is 11.9 Å². The Kier molecular flexibility index (Phi) is 4.29. The number of nitrogens with two attached hydrogens (primary N) is 1. The van der Waals surface area contributed by atoms with E-state index in [2.05, 4.69) is 37.2 Å². The number of rotatable bonds is 4. The SMILES string of the molecule is Nc1nc(NCC2COc3ccccc32)nc(C2CCC3CNNC3C2)n1. The van der Waals surface area contributed by atoms with Crippen LogP contribution in [0.2, 0.25) is 0 Å². The Hall–Kier alpha value is -2.45. The molecular weight excluding hydrogens is 342 g/mol. The average Bonchev–Trinajstić information content (AvgIpc) is 3.32. The highest BCUT2D eigenvalue weighted by Gasteiger charge is 2.35. The van der Waals surface area contributed by atoms with Crippen molar-refractivity contribution < 1.29 is 4.74 Å². The van der Waals surface area contributed by atoms with Crippen LogP contribution in [-0.4, -0.2) is 40.7 Å². The Bertz CT molecular complexity index is 829. The second kappa shape index (κ2) is 6.94. The monoisotopic (exact) mass is 367 g/mol. The van der Waals surface area contributed by atoms with Crippen molar-refractivity contribution >= 4 is 11.9 Å². The number of fused-ring (bicyclic) bond motifs is 2. The van der Waals surface area contributed by atoms with Crippen molar-refractivity contribution in [3.8, 4) is 5.75 Å². The Morgan fingerprint density at radius 2 is 2.11 bits per heavy atom. The Morgan fingerprint density at radius 3 is 3.07 bits per heavy atom. The lowest BCUT2D eigenvalue weighted by atomic mass is 9.79. The van der Waals surface area contributed by atoms with Crippen LogP contribution >= 0.6 is 0 Å². The number of benzene rings is 1. The van der Waals surface area contributed by atoms with Crippen molar-refractivity contribution in [1.82, 2.24) is 25.8 Å². The number of hydrogen-bond donors (Lipinski definition) is 4. The highest BCUT2D eigenvalue weighted by Crippen LogP contribution is 2.36. The highest BCUT2D eigenvalue weighted by atomic mass is 16.5. The van der Waals surface area contributed by atoms with Crippen molar-refractivity contribution in [1.29, 1.82) is 0 Å². The van der Waals surface area contributed by atoms with E-state index in [1.165, 1.54) is 12.0 Å². The minimum absolute atomic E-state index is 0.283. The zero-order chi connectivity index (χ0) is 18.2. The minimum atomic E-state index is 0.283. The lowest BCUT2D eigenvalue weighted by molar-refractivity contribution is 0.296. The van der Waals surface area contributed by atoms with Crippen molar-refractivity contribution in [3.63, 3.8) is 0 Å². The van der Waals surface area contributed by atoms with Gasteiger partial charge in [-0.2, -0.15) is 15.0 Å². The summed E-state index contributed by atoms with van der Waals surface area (Å²) in [5.74, 6) is 3.92. The number of anilines is 2. The molecule has 3 heterocycles. The topological polar surface area (TPSA) is 110 Å². The number of nitrogen functional groups attached to an aromatic ring is 1. The van der Waals surface area contributed by atoms with E-state index in [4.69, 9.17) is 10.5 Å². The van der Waals surface area contributed by atoms with Gasteiger partial charge in [-0.05, 0) is 31.2 Å². The molecule has 0 bridgehead atoms. The number of hydrogen-bond acceptors (Lipinski definition) is 8. The maximum absolute atomic E-state index is 5.98. The Morgan fingerprint density at radius 1 is 1.19 bits per heavy atom. The largest absolute Gasteiger partial charge is 0.493 e. The van der Waals surface area contributed by atoms with E-state index in [1.54, 1.807) is 0 Å². The maximum Gasteiger partial charge on any atom is 0.227 e. The van der Waals surface area contributed by atoms with Crippen molar-refractivity contribution in [2.24, 2.45) is 5.92 Å². The van der Waals surface area contributed by atoms with Crippen LogP contribution in [0.3, 0.4) is 0 Å². The van der Waals surface area contributed by atoms with Crippen LogP contribution in [0.5, 0.6) is 5.75 Å². The molecule has 4 atom stereocenters. The molecule has 27 heavy (non-hydrogen) atoms. The second-order valence-electron chi connectivity index (χ2n) is 7.70. The van der Waals surface area contributed by atoms with Crippen LogP contribution in [0.15, 0.2) is 24.3 Å². The van der Waals surface area contributed by atoms with Crippen LogP contribution in [0.1, 0.15) is 42.5 Å². The number of ether oxygens (including phenoxy) is 1. The van der Waals surface area contributed by atoms with Gasteiger partial charge < -0.3 is 15.8 Å². The van der Waals surface area contributed by atoms with E-state index < -0.39 is 0 Å². The van der Waals surface area contributed by atoms with Gasteiger partial charge in [0.15, 0.2) is 0 Å².